The van der Waals surface area contributed by atoms with Crippen molar-refractivity contribution in [3.8, 4) is 16.9 Å². The molecule has 20 heavy (non-hydrogen) atoms. The van der Waals surface area contributed by atoms with Crippen molar-refractivity contribution in [2.75, 3.05) is 0 Å². The number of aromatic carboxylic acids is 1. The second-order valence-corrected chi connectivity index (χ2v) is 4.56. The van der Waals surface area contributed by atoms with Crippen LogP contribution in [0.15, 0.2) is 60.7 Å². The molecule has 2 N–H and O–H groups in total. The van der Waals surface area contributed by atoms with Crippen LogP contribution < -0.4 is 0 Å². The first-order valence-corrected chi connectivity index (χ1v) is 6.21. The molecule has 0 atom stereocenters. The zero-order valence-corrected chi connectivity index (χ0v) is 10.6. The highest BCUT2D eigenvalue weighted by atomic mass is 16.4. The summed E-state index contributed by atoms with van der Waals surface area (Å²) in [6, 6.07) is 17.6. The largest absolute Gasteiger partial charge is 0.508 e. The molecule has 0 aliphatic rings. The summed E-state index contributed by atoms with van der Waals surface area (Å²) >= 11 is 0. The van der Waals surface area contributed by atoms with E-state index in [1.165, 1.54) is 0 Å². The van der Waals surface area contributed by atoms with Crippen LogP contribution in [0.1, 0.15) is 10.4 Å². The van der Waals surface area contributed by atoms with Crippen LogP contribution in [0.5, 0.6) is 5.75 Å². The van der Waals surface area contributed by atoms with Crippen molar-refractivity contribution in [1.82, 2.24) is 0 Å². The molecule has 0 radical (unpaired) electrons. The van der Waals surface area contributed by atoms with Crippen LogP contribution in [0.3, 0.4) is 0 Å². The van der Waals surface area contributed by atoms with Crippen LogP contribution in [0.25, 0.3) is 21.9 Å². The molecule has 0 saturated carbocycles. The summed E-state index contributed by atoms with van der Waals surface area (Å²) < 4.78 is 0. The minimum Gasteiger partial charge on any atom is -0.508 e. The Morgan fingerprint density at radius 1 is 0.850 bits per heavy atom. The lowest BCUT2D eigenvalue weighted by atomic mass is 9.94. The minimum atomic E-state index is -0.948. The maximum absolute atomic E-state index is 11.3. The fourth-order valence-corrected chi connectivity index (χ4v) is 2.41. The second-order valence-electron chi connectivity index (χ2n) is 4.56. The third kappa shape index (κ3) is 1.99. The first kappa shape index (κ1) is 12.2. The van der Waals surface area contributed by atoms with Gasteiger partial charge in [-0.1, -0.05) is 42.5 Å². The number of rotatable bonds is 2. The van der Waals surface area contributed by atoms with Gasteiger partial charge in [-0.25, -0.2) is 4.79 Å². The van der Waals surface area contributed by atoms with E-state index < -0.39 is 5.97 Å². The number of fused-ring (bicyclic) bond motifs is 1. The molecule has 0 aliphatic carbocycles. The zero-order chi connectivity index (χ0) is 14.1. The van der Waals surface area contributed by atoms with E-state index in [1.807, 2.05) is 24.3 Å². The molecular formula is C17H12O3. The highest BCUT2D eigenvalue weighted by molar-refractivity contribution is 6.03. The number of hydrogen-bond acceptors (Lipinski definition) is 2. The van der Waals surface area contributed by atoms with Crippen molar-refractivity contribution >= 4 is 16.7 Å². The van der Waals surface area contributed by atoms with E-state index in [2.05, 4.69) is 0 Å². The molecule has 0 aromatic heterocycles. The Bertz CT molecular complexity index is 806. The number of phenols is 1. The number of carboxylic acids is 1. The molecule has 0 saturated heterocycles. The molecule has 3 aromatic carbocycles. The fraction of sp³-hybridized carbons (Fsp3) is 0. The first-order valence-electron chi connectivity index (χ1n) is 6.21. The summed E-state index contributed by atoms with van der Waals surface area (Å²) in [4.78, 5) is 11.3. The van der Waals surface area contributed by atoms with E-state index in [0.29, 0.717) is 5.56 Å². The van der Waals surface area contributed by atoms with Gasteiger partial charge in [0.05, 0.1) is 5.56 Å². The summed E-state index contributed by atoms with van der Waals surface area (Å²) in [5, 5.41) is 20.6. The van der Waals surface area contributed by atoms with E-state index in [1.54, 1.807) is 36.4 Å². The number of carbonyl (C=O) groups is 1. The molecule has 0 spiro atoms. The van der Waals surface area contributed by atoms with Crippen molar-refractivity contribution in [1.29, 1.82) is 0 Å². The van der Waals surface area contributed by atoms with Crippen LogP contribution in [-0.4, -0.2) is 16.2 Å². The number of benzene rings is 3. The van der Waals surface area contributed by atoms with E-state index in [0.717, 1.165) is 16.3 Å². The van der Waals surface area contributed by atoms with Gasteiger partial charge in [-0.2, -0.15) is 0 Å². The Morgan fingerprint density at radius 2 is 1.60 bits per heavy atom. The Morgan fingerprint density at radius 3 is 2.40 bits per heavy atom. The van der Waals surface area contributed by atoms with E-state index in [9.17, 15) is 15.0 Å². The molecule has 98 valence electrons. The summed E-state index contributed by atoms with van der Waals surface area (Å²) in [7, 11) is 0. The molecule has 0 aliphatic heterocycles. The van der Waals surface area contributed by atoms with Gasteiger partial charge in [0.25, 0.3) is 0 Å². The summed E-state index contributed by atoms with van der Waals surface area (Å²) in [6.07, 6.45) is 0. The van der Waals surface area contributed by atoms with Gasteiger partial charge in [0.2, 0.25) is 0 Å². The van der Waals surface area contributed by atoms with Crippen LogP contribution in [-0.2, 0) is 0 Å². The van der Waals surface area contributed by atoms with Crippen LogP contribution in [0.4, 0.5) is 0 Å². The molecule has 3 heteroatoms. The molecule has 0 heterocycles. The van der Waals surface area contributed by atoms with E-state index in [4.69, 9.17) is 0 Å². The molecule has 3 nitrogen and oxygen atoms in total. The molecule has 0 amide bonds. The lowest BCUT2D eigenvalue weighted by molar-refractivity contribution is 0.0697. The monoisotopic (exact) mass is 264 g/mol. The van der Waals surface area contributed by atoms with Crippen LogP contribution in [0, 0.1) is 0 Å². The minimum absolute atomic E-state index is 0.196. The lowest BCUT2D eigenvalue weighted by Gasteiger charge is -2.10. The number of carboxylic acid groups (broad SMARTS) is 1. The van der Waals surface area contributed by atoms with Gasteiger partial charge in [0, 0.05) is 0 Å². The standard InChI is InChI=1S/C17H12O3/c18-12-8-9-13-11(10-12)4-3-7-14(13)15-5-1-2-6-16(15)17(19)20/h1-10,18H,(H,19,20). The maximum atomic E-state index is 11.3. The Labute approximate surface area is 115 Å². The topological polar surface area (TPSA) is 57.5 Å². The zero-order valence-electron chi connectivity index (χ0n) is 10.6. The van der Waals surface area contributed by atoms with Crippen molar-refractivity contribution in [3.05, 3.63) is 66.2 Å². The summed E-state index contributed by atoms with van der Waals surface area (Å²) in [5.41, 5.74) is 1.80. The molecule has 3 rings (SSSR count). The number of phenolic OH excluding ortho intramolecular Hbond substituents is 1. The normalized spacial score (nSPS) is 10.6. The van der Waals surface area contributed by atoms with Crippen molar-refractivity contribution in [2.45, 2.75) is 0 Å². The number of aromatic hydroxyl groups is 1. The van der Waals surface area contributed by atoms with E-state index >= 15 is 0 Å². The average molecular weight is 264 g/mol. The number of hydrogen-bond donors (Lipinski definition) is 2. The van der Waals surface area contributed by atoms with Crippen molar-refractivity contribution in [2.24, 2.45) is 0 Å². The third-order valence-electron chi connectivity index (χ3n) is 3.31. The van der Waals surface area contributed by atoms with E-state index in [-0.39, 0.29) is 11.3 Å². The Hall–Kier alpha value is -2.81. The third-order valence-corrected chi connectivity index (χ3v) is 3.31. The fourth-order valence-electron chi connectivity index (χ4n) is 2.41. The van der Waals surface area contributed by atoms with Crippen molar-refractivity contribution in [3.63, 3.8) is 0 Å². The molecule has 0 unspecified atom stereocenters. The smallest absolute Gasteiger partial charge is 0.336 e. The van der Waals surface area contributed by atoms with Gasteiger partial charge in [0.15, 0.2) is 0 Å². The van der Waals surface area contributed by atoms with Gasteiger partial charge in [-0.05, 0) is 40.1 Å². The molecule has 0 bridgehead atoms. The summed E-state index contributed by atoms with van der Waals surface area (Å²) in [5.74, 6) is -0.752. The SMILES string of the molecule is O=C(O)c1ccccc1-c1cccc2cc(O)ccc12. The predicted octanol–water partition coefficient (Wildman–Crippen LogP) is 3.91. The Kier molecular flexibility index (Phi) is 2.88. The maximum Gasteiger partial charge on any atom is 0.336 e. The van der Waals surface area contributed by atoms with Gasteiger partial charge >= 0.3 is 5.97 Å². The highest BCUT2D eigenvalue weighted by Gasteiger charge is 2.12. The molecule has 0 fully saturated rings. The average Bonchev–Trinajstić information content (AvgIpc) is 2.46. The van der Waals surface area contributed by atoms with Crippen molar-refractivity contribution < 1.29 is 15.0 Å². The Balaban J connectivity index is 2.33. The lowest BCUT2D eigenvalue weighted by Crippen LogP contribution is -1.99. The molecule has 3 aromatic rings. The predicted molar refractivity (Wildman–Crippen MR) is 78.0 cm³/mol. The van der Waals surface area contributed by atoms with Crippen LogP contribution >= 0.6 is 0 Å². The van der Waals surface area contributed by atoms with Gasteiger partial charge in [-0.15, -0.1) is 0 Å². The van der Waals surface area contributed by atoms with Gasteiger partial charge in [-0.3, -0.25) is 0 Å². The van der Waals surface area contributed by atoms with Gasteiger partial charge < -0.3 is 10.2 Å². The van der Waals surface area contributed by atoms with Gasteiger partial charge in [0.1, 0.15) is 5.75 Å². The second kappa shape index (κ2) is 4.70. The highest BCUT2D eigenvalue weighted by Crippen LogP contribution is 2.32. The quantitative estimate of drug-likeness (QED) is 0.737. The summed E-state index contributed by atoms with van der Waals surface area (Å²) in [6.45, 7) is 0. The molecular weight excluding hydrogens is 252 g/mol. The van der Waals surface area contributed by atoms with Crippen LogP contribution in [0.2, 0.25) is 0 Å². The first-order chi connectivity index (χ1) is 9.66.